The van der Waals surface area contributed by atoms with Crippen molar-refractivity contribution in [3.63, 3.8) is 0 Å². The van der Waals surface area contributed by atoms with Crippen molar-refractivity contribution in [2.45, 2.75) is 26.9 Å². The van der Waals surface area contributed by atoms with E-state index < -0.39 is 0 Å². The molecule has 6 nitrogen and oxygen atoms in total. The van der Waals surface area contributed by atoms with E-state index in [0.29, 0.717) is 30.3 Å². The Hall–Kier alpha value is -2.36. The maximum absolute atomic E-state index is 14.4. The fraction of sp³-hybridized carbons (Fsp3) is 0.391. The predicted molar refractivity (Wildman–Crippen MR) is 137 cm³/mol. The molecule has 0 aromatic heterocycles. The second-order valence-corrected chi connectivity index (χ2v) is 7.13. The first-order valence-corrected chi connectivity index (χ1v) is 10.2. The number of anilines is 1. The highest BCUT2D eigenvalue weighted by Crippen LogP contribution is 2.20. The molecule has 0 aliphatic heterocycles. The number of benzene rings is 2. The van der Waals surface area contributed by atoms with Crippen molar-refractivity contribution in [2.75, 3.05) is 39.1 Å². The molecule has 0 radical (unpaired) electrons. The minimum absolute atomic E-state index is 0. The van der Waals surface area contributed by atoms with Crippen LogP contribution in [0.2, 0.25) is 0 Å². The minimum atomic E-state index is -0.215. The van der Waals surface area contributed by atoms with Gasteiger partial charge in [0.1, 0.15) is 5.82 Å². The molecule has 1 amide bonds. The molecule has 2 rings (SSSR count). The Balaban J connectivity index is 0.00000480. The van der Waals surface area contributed by atoms with Gasteiger partial charge in [-0.3, -0.25) is 9.79 Å². The molecule has 170 valence electrons. The number of halogens is 2. The van der Waals surface area contributed by atoms with Crippen LogP contribution in [0.25, 0.3) is 0 Å². The van der Waals surface area contributed by atoms with Crippen molar-refractivity contribution in [3.05, 3.63) is 65.0 Å². The van der Waals surface area contributed by atoms with Crippen LogP contribution in [0.5, 0.6) is 0 Å². The van der Waals surface area contributed by atoms with Crippen LogP contribution in [0.3, 0.4) is 0 Å². The third-order valence-electron chi connectivity index (χ3n) is 4.87. The van der Waals surface area contributed by atoms with Crippen LogP contribution in [0.1, 0.15) is 35.3 Å². The van der Waals surface area contributed by atoms with E-state index in [-0.39, 0.29) is 35.7 Å². The van der Waals surface area contributed by atoms with E-state index in [0.717, 1.165) is 24.2 Å². The number of aliphatic imine (C=N–C) groups is 1. The third-order valence-corrected chi connectivity index (χ3v) is 4.87. The van der Waals surface area contributed by atoms with Crippen molar-refractivity contribution in [3.8, 4) is 0 Å². The summed E-state index contributed by atoms with van der Waals surface area (Å²) in [5.74, 6) is 0.385. The molecule has 2 aromatic rings. The van der Waals surface area contributed by atoms with E-state index in [1.54, 1.807) is 32.1 Å². The normalized spacial score (nSPS) is 10.8. The summed E-state index contributed by atoms with van der Waals surface area (Å²) in [6, 6.07) is 12.8. The molecular weight excluding hydrogens is 508 g/mol. The summed E-state index contributed by atoms with van der Waals surface area (Å²) in [5.41, 5.74) is 3.16. The van der Waals surface area contributed by atoms with E-state index >= 15 is 0 Å². The first-order chi connectivity index (χ1) is 14.4. The van der Waals surface area contributed by atoms with Gasteiger partial charge in [-0.2, -0.15) is 0 Å². The van der Waals surface area contributed by atoms with E-state index in [4.69, 9.17) is 0 Å². The van der Waals surface area contributed by atoms with Crippen molar-refractivity contribution >= 4 is 41.5 Å². The van der Waals surface area contributed by atoms with Gasteiger partial charge in [0.05, 0.1) is 5.69 Å². The number of nitrogens with zero attached hydrogens (tertiary/aromatic N) is 3. The molecular formula is C23H33FIN5O. The quantitative estimate of drug-likeness (QED) is 0.303. The monoisotopic (exact) mass is 541 g/mol. The summed E-state index contributed by atoms with van der Waals surface area (Å²) in [6.45, 7) is 6.60. The van der Waals surface area contributed by atoms with Crippen molar-refractivity contribution in [2.24, 2.45) is 4.99 Å². The van der Waals surface area contributed by atoms with Crippen molar-refractivity contribution in [1.82, 2.24) is 15.5 Å². The lowest BCUT2D eigenvalue weighted by Crippen LogP contribution is -2.36. The first-order valence-electron chi connectivity index (χ1n) is 10.2. The summed E-state index contributed by atoms with van der Waals surface area (Å²) in [6.07, 6.45) is 0. The highest BCUT2D eigenvalue weighted by atomic mass is 127. The van der Waals surface area contributed by atoms with Crippen LogP contribution < -0.4 is 15.5 Å². The molecule has 2 N–H and O–H groups in total. The molecule has 31 heavy (non-hydrogen) atoms. The number of amides is 1. The number of hydrogen-bond acceptors (Lipinski definition) is 3. The summed E-state index contributed by atoms with van der Waals surface area (Å²) in [5, 5.41) is 6.43. The Morgan fingerprint density at radius 3 is 2.00 bits per heavy atom. The number of carbonyl (C=O) groups excluding carboxylic acids is 1. The average Bonchev–Trinajstić information content (AvgIpc) is 2.75. The Morgan fingerprint density at radius 1 is 0.968 bits per heavy atom. The molecule has 0 heterocycles. The van der Waals surface area contributed by atoms with Crippen LogP contribution >= 0.6 is 24.0 Å². The van der Waals surface area contributed by atoms with Gasteiger partial charge in [0.25, 0.3) is 5.91 Å². The fourth-order valence-electron chi connectivity index (χ4n) is 3.10. The summed E-state index contributed by atoms with van der Waals surface area (Å²) < 4.78 is 14.4. The van der Waals surface area contributed by atoms with Gasteiger partial charge < -0.3 is 20.4 Å². The number of carbonyl (C=O) groups is 1. The zero-order valence-corrected chi connectivity index (χ0v) is 21.2. The van der Waals surface area contributed by atoms with Gasteiger partial charge in [-0.15, -0.1) is 24.0 Å². The van der Waals surface area contributed by atoms with Gasteiger partial charge in [-0.05, 0) is 49.2 Å². The van der Waals surface area contributed by atoms with Crippen LogP contribution in [0, 0.1) is 5.82 Å². The van der Waals surface area contributed by atoms with E-state index in [1.165, 1.54) is 0 Å². The van der Waals surface area contributed by atoms with E-state index in [1.807, 2.05) is 55.1 Å². The second-order valence-electron chi connectivity index (χ2n) is 7.13. The zero-order valence-electron chi connectivity index (χ0n) is 18.9. The van der Waals surface area contributed by atoms with Gasteiger partial charge in [0, 0.05) is 52.9 Å². The molecule has 0 atom stereocenters. The molecule has 0 unspecified atom stereocenters. The molecule has 0 spiro atoms. The average molecular weight is 541 g/mol. The molecule has 8 heteroatoms. The van der Waals surface area contributed by atoms with Gasteiger partial charge in [0.2, 0.25) is 0 Å². The first kappa shape index (κ1) is 26.7. The van der Waals surface area contributed by atoms with Crippen molar-refractivity contribution < 1.29 is 9.18 Å². The van der Waals surface area contributed by atoms with Crippen LogP contribution in [-0.2, 0) is 13.1 Å². The highest BCUT2D eigenvalue weighted by Gasteiger charge is 2.10. The maximum Gasteiger partial charge on any atom is 0.253 e. The SMILES string of the molecule is CCN(CC)c1ccc(CNC(=NC)NCc2ccc(C(=O)N(C)C)cc2)cc1F.I. The number of rotatable bonds is 8. The zero-order chi connectivity index (χ0) is 22.1. The topological polar surface area (TPSA) is 60.0 Å². The Labute approximate surface area is 201 Å². The van der Waals surface area contributed by atoms with Gasteiger partial charge in [0.15, 0.2) is 5.96 Å². The fourth-order valence-corrected chi connectivity index (χ4v) is 3.10. The Morgan fingerprint density at radius 2 is 1.52 bits per heavy atom. The second kappa shape index (κ2) is 13.1. The standard InChI is InChI=1S/C23H32FN5O.HI/c1-6-29(7-2)21-13-10-18(14-20(21)24)16-27-23(25-3)26-15-17-8-11-19(12-9-17)22(30)28(4)5;/h8-14H,6-7,15-16H2,1-5H3,(H2,25,26,27);1H. The minimum Gasteiger partial charge on any atom is -0.370 e. The largest absolute Gasteiger partial charge is 0.370 e. The van der Waals surface area contributed by atoms with Gasteiger partial charge >= 0.3 is 0 Å². The van der Waals surface area contributed by atoms with Gasteiger partial charge in [-0.1, -0.05) is 18.2 Å². The lowest BCUT2D eigenvalue weighted by atomic mass is 10.1. The van der Waals surface area contributed by atoms with Crippen LogP contribution in [0.4, 0.5) is 10.1 Å². The predicted octanol–water partition coefficient (Wildman–Crippen LogP) is 3.86. The molecule has 0 fully saturated rings. The van der Waals surface area contributed by atoms with E-state index in [9.17, 15) is 9.18 Å². The Kier molecular flexibility index (Phi) is 11.3. The summed E-state index contributed by atoms with van der Waals surface area (Å²) in [4.78, 5) is 19.7. The maximum atomic E-state index is 14.4. The number of nitrogens with one attached hydrogen (secondary N) is 2. The van der Waals surface area contributed by atoms with Crippen LogP contribution in [0.15, 0.2) is 47.5 Å². The lowest BCUT2D eigenvalue weighted by molar-refractivity contribution is 0.0827. The van der Waals surface area contributed by atoms with Crippen molar-refractivity contribution in [1.29, 1.82) is 0 Å². The molecule has 0 saturated carbocycles. The molecule has 0 saturated heterocycles. The number of hydrogen-bond donors (Lipinski definition) is 2. The van der Waals surface area contributed by atoms with E-state index in [2.05, 4.69) is 15.6 Å². The third kappa shape index (κ3) is 7.68. The lowest BCUT2D eigenvalue weighted by Gasteiger charge is -2.22. The Bertz CT molecular complexity index is 867. The molecule has 2 aromatic carbocycles. The molecule has 0 aliphatic carbocycles. The van der Waals surface area contributed by atoms with Crippen LogP contribution in [-0.4, -0.2) is 51.0 Å². The summed E-state index contributed by atoms with van der Waals surface area (Å²) in [7, 11) is 5.16. The highest BCUT2D eigenvalue weighted by molar-refractivity contribution is 14.0. The molecule has 0 bridgehead atoms. The smallest absolute Gasteiger partial charge is 0.253 e. The number of guanidine groups is 1. The summed E-state index contributed by atoms with van der Waals surface area (Å²) >= 11 is 0. The van der Waals surface area contributed by atoms with Gasteiger partial charge in [-0.25, -0.2) is 4.39 Å². The molecule has 0 aliphatic rings.